The zero-order valence-electron chi connectivity index (χ0n) is 10.7. The quantitative estimate of drug-likeness (QED) is 0.708. The molecule has 3 aromatic rings. The summed E-state index contributed by atoms with van der Waals surface area (Å²) in [4.78, 5) is 15.1. The van der Waals surface area contributed by atoms with Gasteiger partial charge in [-0.05, 0) is 17.2 Å². The Morgan fingerprint density at radius 1 is 1.05 bits per heavy atom. The minimum Gasteiger partial charge on any atom is -0.358 e. The lowest BCUT2D eigenvalue weighted by Crippen LogP contribution is -1.95. The number of carbonyl (C=O) groups excluding carboxylic acids is 1. The van der Waals surface area contributed by atoms with E-state index in [0.717, 1.165) is 22.1 Å². The largest absolute Gasteiger partial charge is 0.358 e. The van der Waals surface area contributed by atoms with Gasteiger partial charge in [-0.1, -0.05) is 36.4 Å². The number of halogens is 1. The van der Waals surface area contributed by atoms with Crippen LogP contribution in [0.25, 0.3) is 10.9 Å². The van der Waals surface area contributed by atoms with Crippen molar-refractivity contribution in [1.29, 1.82) is 0 Å². The molecule has 3 heteroatoms. The van der Waals surface area contributed by atoms with Crippen LogP contribution in [-0.2, 0) is 0 Å². The Morgan fingerprint density at radius 3 is 2.80 bits per heavy atom. The van der Waals surface area contributed by atoms with Gasteiger partial charge in [-0.25, -0.2) is 4.39 Å². The van der Waals surface area contributed by atoms with Crippen molar-refractivity contribution in [3.05, 3.63) is 71.2 Å². The Hall–Kier alpha value is -2.42. The second-order valence-electron chi connectivity index (χ2n) is 5.17. The molecule has 0 spiro atoms. The highest BCUT2D eigenvalue weighted by Crippen LogP contribution is 2.40. The molecule has 1 aliphatic carbocycles. The van der Waals surface area contributed by atoms with Crippen LogP contribution in [0, 0.1) is 5.82 Å². The summed E-state index contributed by atoms with van der Waals surface area (Å²) in [5.74, 6) is -0.0723. The Balaban J connectivity index is 1.94. The first-order valence-electron chi connectivity index (χ1n) is 6.63. The van der Waals surface area contributed by atoms with E-state index in [4.69, 9.17) is 0 Å². The molecule has 1 atom stereocenters. The molecule has 0 radical (unpaired) electrons. The first-order valence-corrected chi connectivity index (χ1v) is 6.63. The van der Waals surface area contributed by atoms with Gasteiger partial charge in [0.05, 0.1) is 5.52 Å². The minimum absolute atomic E-state index is 0.0225. The van der Waals surface area contributed by atoms with Gasteiger partial charge in [0, 0.05) is 29.5 Å². The number of carbonyl (C=O) groups is 1. The fourth-order valence-corrected chi connectivity index (χ4v) is 3.16. The van der Waals surface area contributed by atoms with Crippen molar-refractivity contribution in [3.8, 4) is 0 Å². The van der Waals surface area contributed by atoms with Gasteiger partial charge in [0.1, 0.15) is 5.82 Å². The van der Waals surface area contributed by atoms with Crippen molar-refractivity contribution in [2.24, 2.45) is 0 Å². The summed E-state index contributed by atoms with van der Waals surface area (Å²) in [6.45, 7) is 0. The first-order chi connectivity index (χ1) is 9.75. The van der Waals surface area contributed by atoms with Crippen molar-refractivity contribution >= 4 is 16.7 Å². The Bertz CT molecular complexity index is 834. The van der Waals surface area contributed by atoms with Crippen LogP contribution in [0.3, 0.4) is 0 Å². The highest BCUT2D eigenvalue weighted by Gasteiger charge is 2.31. The average molecular weight is 265 g/mol. The zero-order valence-corrected chi connectivity index (χ0v) is 10.7. The monoisotopic (exact) mass is 265 g/mol. The number of aromatic amines is 1. The number of para-hydroxylation sites is 1. The summed E-state index contributed by atoms with van der Waals surface area (Å²) in [5.41, 5.74) is 3.35. The lowest BCUT2D eigenvalue weighted by Gasteiger charge is -2.09. The van der Waals surface area contributed by atoms with E-state index < -0.39 is 0 Å². The Kier molecular flexibility index (Phi) is 2.30. The SMILES string of the molecule is O=C1C[C@H](c2c[nH]c3c(F)cccc23)c2ccccc21. The normalized spacial score (nSPS) is 17.6. The standard InChI is InChI=1S/C17H12FNO/c18-15-7-3-6-12-14(9-19-17(12)15)13-8-16(20)11-5-2-1-4-10(11)13/h1-7,9,13,19H,8H2/t13-/m0/s1. The van der Waals surface area contributed by atoms with Gasteiger partial charge in [0.25, 0.3) is 0 Å². The molecule has 0 fully saturated rings. The number of aromatic nitrogens is 1. The summed E-state index contributed by atoms with van der Waals surface area (Å²) < 4.78 is 13.8. The van der Waals surface area contributed by atoms with Crippen LogP contribution in [0.15, 0.2) is 48.7 Å². The number of rotatable bonds is 1. The van der Waals surface area contributed by atoms with Crippen molar-refractivity contribution in [2.75, 3.05) is 0 Å². The number of hydrogen-bond donors (Lipinski definition) is 1. The molecule has 4 rings (SSSR count). The van der Waals surface area contributed by atoms with Gasteiger partial charge in [-0.15, -0.1) is 0 Å². The van der Waals surface area contributed by atoms with Gasteiger partial charge >= 0.3 is 0 Å². The lowest BCUT2D eigenvalue weighted by molar-refractivity contribution is 0.0991. The Labute approximate surface area is 115 Å². The third-order valence-electron chi connectivity index (χ3n) is 4.10. The molecule has 20 heavy (non-hydrogen) atoms. The van der Waals surface area contributed by atoms with E-state index >= 15 is 0 Å². The molecule has 2 aromatic carbocycles. The topological polar surface area (TPSA) is 32.9 Å². The maximum absolute atomic E-state index is 13.8. The molecular formula is C17H12FNO. The van der Waals surface area contributed by atoms with Crippen LogP contribution in [0.2, 0.25) is 0 Å². The third-order valence-corrected chi connectivity index (χ3v) is 4.10. The Morgan fingerprint density at radius 2 is 1.90 bits per heavy atom. The van der Waals surface area contributed by atoms with Crippen molar-refractivity contribution in [3.63, 3.8) is 0 Å². The van der Waals surface area contributed by atoms with E-state index in [1.807, 2.05) is 36.5 Å². The van der Waals surface area contributed by atoms with Crippen LogP contribution in [-0.4, -0.2) is 10.8 Å². The fraction of sp³-hybridized carbons (Fsp3) is 0.118. The van der Waals surface area contributed by atoms with Gasteiger partial charge in [0.2, 0.25) is 0 Å². The summed E-state index contributed by atoms with van der Waals surface area (Å²) in [6.07, 6.45) is 2.29. The van der Waals surface area contributed by atoms with Gasteiger partial charge in [0.15, 0.2) is 5.78 Å². The average Bonchev–Trinajstić information content (AvgIpc) is 3.02. The maximum Gasteiger partial charge on any atom is 0.164 e. The van der Waals surface area contributed by atoms with E-state index in [1.54, 1.807) is 6.07 Å². The molecular weight excluding hydrogens is 253 g/mol. The first kappa shape index (κ1) is 11.4. The van der Waals surface area contributed by atoms with Gasteiger partial charge in [-0.2, -0.15) is 0 Å². The summed E-state index contributed by atoms with van der Waals surface area (Å²) in [7, 11) is 0. The maximum atomic E-state index is 13.8. The van der Waals surface area contributed by atoms with Crippen molar-refractivity contribution < 1.29 is 9.18 Å². The second-order valence-corrected chi connectivity index (χ2v) is 5.17. The number of benzene rings is 2. The molecule has 0 unspecified atom stereocenters. The number of H-pyrrole nitrogens is 1. The summed E-state index contributed by atoms with van der Waals surface area (Å²) in [6, 6.07) is 12.7. The molecule has 0 aliphatic heterocycles. The smallest absolute Gasteiger partial charge is 0.164 e. The lowest BCUT2D eigenvalue weighted by atomic mass is 9.93. The van der Waals surface area contributed by atoms with E-state index in [-0.39, 0.29) is 17.5 Å². The van der Waals surface area contributed by atoms with E-state index in [1.165, 1.54) is 6.07 Å². The van der Waals surface area contributed by atoms with E-state index in [9.17, 15) is 9.18 Å². The molecule has 1 aliphatic rings. The number of fused-ring (bicyclic) bond motifs is 2. The minimum atomic E-state index is -0.258. The molecule has 1 N–H and O–H groups in total. The third kappa shape index (κ3) is 1.46. The number of Topliss-reactive ketones (excluding diaryl/α,β-unsaturated/α-hetero) is 1. The number of nitrogens with one attached hydrogen (secondary N) is 1. The van der Waals surface area contributed by atoms with Crippen LogP contribution < -0.4 is 0 Å². The summed E-state index contributed by atoms with van der Waals surface area (Å²) >= 11 is 0. The molecule has 0 saturated carbocycles. The van der Waals surface area contributed by atoms with E-state index in [2.05, 4.69) is 4.98 Å². The van der Waals surface area contributed by atoms with Crippen LogP contribution in [0.1, 0.15) is 33.8 Å². The van der Waals surface area contributed by atoms with E-state index in [0.29, 0.717) is 11.9 Å². The highest BCUT2D eigenvalue weighted by molar-refractivity contribution is 6.02. The second kappa shape index (κ2) is 4.04. The van der Waals surface area contributed by atoms with Crippen molar-refractivity contribution in [2.45, 2.75) is 12.3 Å². The predicted octanol–water partition coefficient (Wildman–Crippen LogP) is 4.03. The molecule has 98 valence electrons. The number of hydrogen-bond acceptors (Lipinski definition) is 1. The number of ketones is 1. The molecule has 0 bridgehead atoms. The summed E-state index contributed by atoms with van der Waals surface area (Å²) in [5, 5.41) is 0.861. The molecule has 2 nitrogen and oxygen atoms in total. The van der Waals surface area contributed by atoms with Gasteiger partial charge in [-0.3, -0.25) is 4.79 Å². The molecule has 0 amide bonds. The molecule has 1 aromatic heterocycles. The highest BCUT2D eigenvalue weighted by atomic mass is 19.1. The predicted molar refractivity (Wildman–Crippen MR) is 75.5 cm³/mol. The van der Waals surface area contributed by atoms with Gasteiger partial charge < -0.3 is 4.98 Å². The fourth-order valence-electron chi connectivity index (χ4n) is 3.16. The molecule has 0 saturated heterocycles. The van der Waals surface area contributed by atoms with Crippen LogP contribution >= 0.6 is 0 Å². The zero-order chi connectivity index (χ0) is 13.7. The molecule has 1 heterocycles. The van der Waals surface area contributed by atoms with Crippen molar-refractivity contribution in [1.82, 2.24) is 4.98 Å². The van der Waals surface area contributed by atoms with Crippen LogP contribution in [0.4, 0.5) is 4.39 Å². The van der Waals surface area contributed by atoms with Crippen LogP contribution in [0.5, 0.6) is 0 Å².